The van der Waals surface area contributed by atoms with Gasteiger partial charge in [-0.2, -0.15) is 13.6 Å². The molecule has 0 spiro atoms. The summed E-state index contributed by atoms with van der Waals surface area (Å²) in [5.41, 5.74) is 1.15. The summed E-state index contributed by atoms with van der Waals surface area (Å²) in [6.45, 7) is 7.31. The van der Waals surface area contributed by atoms with Crippen molar-refractivity contribution < 1.29 is 26.9 Å². The average molecular weight is 484 g/mol. The maximum atomic E-state index is 12.5. The van der Waals surface area contributed by atoms with Crippen LogP contribution in [0.2, 0.25) is 0 Å². The third-order valence-corrected chi connectivity index (χ3v) is 5.55. The number of rotatable bonds is 10. The largest absolute Gasteiger partial charge is 0.460 e. The third-order valence-electron chi connectivity index (χ3n) is 4.12. The first kappa shape index (κ1) is 25.8. The maximum absolute atomic E-state index is 12.5. The lowest BCUT2D eigenvalue weighted by molar-refractivity contribution is -0.155. The van der Waals surface area contributed by atoms with E-state index in [1.165, 1.54) is 23.5 Å². The SMILES string of the molecule is CCc1csc(C(Cc2ccc(OS(N)(=O)=O)cc2)NC(=O)CCC(=O)OC(C)(C)C)n1. The number of carbonyl (C=O) groups excluding carboxylic acids is 2. The Bertz CT molecular complexity index is 1030. The van der Waals surface area contributed by atoms with Gasteiger partial charge in [-0.15, -0.1) is 11.3 Å². The summed E-state index contributed by atoms with van der Waals surface area (Å²) in [6.07, 6.45) is 1.17. The summed E-state index contributed by atoms with van der Waals surface area (Å²) >= 11 is 1.45. The Labute approximate surface area is 192 Å². The smallest absolute Gasteiger partial charge is 0.380 e. The lowest BCUT2D eigenvalue weighted by Gasteiger charge is -2.20. The van der Waals surface area contributed by atoms with Gasteiger partial charge in [0.05, 0.1) is 18.2 Å². The van der Waals surface area contributed by atoms with Crippen molar-refractivity contribution in [3.05, 3.63) is 45.9 Å². The predicted octanol–water partition coefficient (Wildman–Crippen LogP) is 2.81. The van der Waals surface area contributed by atoms with E-state index in [0.29, 0.717) is 6.42 Å². The minimum Gasteiger partial charge on any atom is -0.460 e. The van der Waals surface area contributed by atoms with Crippen molar-refractivity contribution in [2.45, 2.75) is 65.0 Å². The molecule has 0 saturated heterocycles. The van der Waals surface area contributed by atoms with Crippen LogP contribution in [0, 0.1) is 0 Å². The second-order valence-corrected chi connectivity index (χ2v) is 10.2. The molecule has 2 rings (SSSR count). The molecule has 0 aliphatic rings. The number of aromatic nitrogens is 1. The lowest BCUT2D eigenvalue weighted by atomic mass is 10.1. The van der Waals surface area contributed by atoms with Crippen LogP contribution in [0.3, 0.4) is 0 Å². The van der Waals surface area contributed by atoms with Gasteiger partial charge in [0.1, 0.15) is 16.4 Å². The summed E-state index contributed by atoms with van der Waals surface area (Å²) < 4.78 is 32.0. The fourth-order valence-corrected chi connectivity index (χ4v) is 4.10. The number of nitrogens with zero attached hydrogens (tertiary/aromatic N) is 1. The van der Waals surface area contributed by atoms with Crippen LogP contribution in [0.1, 0.15) is 62.8 Å². The average Bonchev–Trinajstić information content (AvgIpc) is 3.14. The normalized spacial score (nSPS) is 12.8. The van der Waals surface area contributed by atoms with Crippen molar-refractivity contribution in [3.8, 4) is 5.75 Å². The van der Waals surface area contributed by atoms with Crippen LogP contribution in [0.4, 0.5) is 0 Å². The van der Waals surface area contributed by atoms with E-state index in [-0.39, 0.29) is 24.5 Å². The molecular weight excluding hydrogens is 454 g/mol. The predicted molar refractivity (Wildman–Crippen MR) is 121 cm³/mol. The molecule has 1 amide bonds. The number of nitrogens with one attached hydrogen (secondary N) is 1. The first-order chi connectivity index (χ1) is 14.8. The molecule has 32 heavy (non-hydrogen) atoms. The van der Waals surface area contributed by atoms with Crippen LogP contribution < -0.4 is 14.6 Å². The number of thiazole rings is 1. The minimum atomic E-state index is -4.10. The minimum absolute atomic E-state index is 0.00143. The van der Waals surface area contributed by atoms with E-state index in [1.54, 1.807) is 32.9 Å². The van der Waals surface area contributed by atoms with Gasteiger partial charge in [0, 0.05) is 11.8 Å². The van der Waals surface area contributed by atoms with Crippen LogP contribution in [-0.4, -0.2) is 30.9 Å². The molecule has 0 aliphatic heterocycles. The second kappa shape index (κ2) is 10.9. The van der Waals surface area contributed by atoms with Gasteiger partial charge in [-0.05, 0) is 51.3 Å². The van der Waals surface area contributed by atoms with E-state index in [1.807, 2.05) is 12.3 Å². The van der Waals surface area contributed by atoms with Crippen LogP contribution >= 0.6 is 11.3 Å². The molecule has 1 atom stereocenters. The quantitative estimate of drug-likeness (QED) is 0.496. The fourth-order valence-electron chi connectivity index (χ4n) is 2.77. The van der Waals surface area contributed by atoms with Gasteiger partial charge in [0.25, 0.3) is 0 Å². The van der Waals surface area contributed by atoms with Crippen molar-refractivity contribution in [1.82, 2.24) is 10.3 Å². The molecule has 1 unspecified atom stereocenters. The monoisotopic (exact) mass is 483 g/mol. The van der Waals surface area contributed by atoms with Crippen LogP contribution in [0.15, 0.2) is 29.6 Å². The van der Waals surface area contributed by atoms with Gasteiger partial charge in [-0.3, -0.25) is 9.59 Å². The van der Waals surface area contributed by atoms with E-state index >= 15 is 0 Å². The molecule has 11 heteroatoms. The highest BCUT2D eigenvalue weighted by atomic mass is 32.2. The van der Waals surface area contributed by atoms with Crippen molar-refractivity contribution >= 4 is 33.5 Å². The first-order valence-corrected chi connectivity index (χ1v) is 12.5. The Morgan fingerprint density at radius 2 is 1.84 bits per heavy atom. The van der Waals surface area contributed by atoms with E-state index in [0.717, 1.165) is 22.7 Å². The van der Waals surface area contributed by atoms with Gasteiger partial charge in [0.15, 0.2) is 0 Å². The standard InChI is InChI=1S/C21H29N3O6S2/c1-5-15-13-31-20(23-15)17(24-18(25)10-11-19(26)29-21(2,3)4)12-14-6-8-16(9-7-14)30-32(22,27)28/h6-9,13,17H,5,10-12H2,1-4H3,(H,24,25)(H2,22,27,28). The molecule has 0 saturated carbocycles. The van der Waals surface area contributed by atoms with E-state index in [2.05, 4.69) is 14.5 Å². The molecule has 0 radical (unpaired) electrons. The van der Waals surface area contributed by atoms with E-state index < -0.39 is 27.9 Å². The molecule has 1 aromatic carbocycles. The van der Waals surface area contributed by atoms with Gasteiger partial charge in [-0.1, -0.05) is 19.1 Å². The third kappa shape index (κ3) is 9.33. The molecule has 9 nitrogen and oxygen atoms in total. The molecule has 3 N–H and O–H groups in total. The Morgan fingerprint density at radius 3 is 2.38 bits per heavy atom. The van der Waals surface area contributed by atoms with Crippen LogP contribution in [0.25, 0.3) is 0 Å². The molecule has 1 heterocycles. The van der Waals surface area contributed by atoms with Crippen molar-refractivity contribution in [1.29, 1.82) is 0 Å². The van der Waals surface area contributed by atoms with E-state index in [4.69, 9.17) is 9.88 Å². The summed E-state index contributed by atoms with van der Waals surface area (Å²) in [6, 6.07) is 5.95. The first-order valence-electron chi connectivity index (χ1n) is 10.1. The summed E-state index contributed by atoms with van der Waals surface area (Å²) in [4.78, 5) is 29.0. The maximum Gasteiger partial charge on any atom is 0.380 e. The van der Waals surface area contributed by atoms with Gasteiger partial charge in [-0.25, -0.2) is 4.98 Å². The molecule has 0 bridgehead atoms. The van der Waals surface area contributed by atoms with Gasteiger partial charge >= 0.3 is 16.3 Å². The number of hydrogen-bond donors (Lipinski definition) is 2. The lowest BCUT2D eigenvalue weighted by Crippen LogP contribution is -2.31. The summed E-state index contributed by atoms with van der Waals surface area (Å²) in [7, 11) is -4.10. The summed E-state index contributed by atoms with van der Waals surface area (Å²) in [5.74, 6) is -0.628. The molecule has 2 aromatic rings. The highest BCUT2D eigenvalue weighted by Crippen LogP contribution is 2.24. The number of aryl methyl sites for hydroxylation is 1. The summed E-state index contributed by atoms with van der Waals surface area (Å²) in [5, 5.41) is 10.5. The Balaban J connectivity index is 2.08. The topological polar surface area (TPSA) is 138 Å². The number of carbonyl (C=O) groups is 2. The number of esters is 1. The molecular formula is C21H29N3O6S2. The second-order valence-electron chi connectivity index (χ2n) is 8.16. The van der Waals surface area contributed by atoms with Gasteiger partial charge < -0.3 is 14.2 Å². The molecule has 0 fully saturated rings. The number of benzene rings is 1. The highest BCUT2D eigenvalue weighted by Gasteiger charge is 2.21. The number of amides is 1. The number of nitrogens with two attached hydrogens (primary N) is 1. The van der Waals surface area contributed by atoms with Crippen molar-refractivity contribution in [2.24, 2.45) is 5.14 Å². The number of ether oxygens (including phenoxy) is 1. The van der Waals surface area contributed by atoms with Crippen molar-refractivity contribution in [2.75, 3.05) is 0 Å². The molecule has 0 aliphatic carbocycles. The molecule has 176 valence electrons. The highest BCUT2D eigenvalue weighted by molar-refractivity contribution is 7.84. The Morgan fingerprint density at radius 1 is 1.19 bits per heavy atom. The zero-order valence-electron chi connectivity index (χ0n) is 18.6. The zero-order chi connectivity index (χ0) is 23.9. The fraction of sp³-hybridized carbons (Fsp3) is 0.476. The van der Waals surface area contributed by atoms with Crippen molar-refractivity contribution in [3.63, 3.8) is 0 Å². The van der Waals surface area contributed by atoms with Crippen LogP contribution in [-0.2, 0) is 37.5 Å². The van der Waals surface area contributed by atoms with Gasteiger partial charge in [0.2, 0.25) is 5.91 Å². The Kier molecular flexibility index (Phi) is 8.76. The zero-order valence-corrected chi connectivity index (χ0v) is 20.2. The number of hydrogen-bond acceptors (Lipinski definition) is 8. The Hall–Kier alpha value is -2.50. The molecule has 1 aromatic heterocycles. The van der Waals surface area contributed by atoms with E-state index in [9.17, 15) is 18.0 Å². The van der Waals surface area contributed by atoms with Crippen LogP contribution in [0.5, 0.6) is 5.75 Å².